The topological polar surface area (TPSA) is 35.0 Å². The maximum Gasteiger partial charge on any atom is 0.115 e. The second-order valence-corrected chi connectivity index (χ2v) is 3.76. The molecule has 70 valence electrons. The summed E-state index contributed by atoms with van der Waals surface area (Å²) in [6.45, 7) is 0. The van der Waals surface area contributed by atoms with Gasteiger partial charge in [0.05, 0.1) is 11.8 Å². The molecule has 13 heavy (non-hydrogen) atoms. The molecule has 1 aliphatic rings. The summed E-state index contributed by atoms with van der Waals surface area (Å²) in [5.74, 6) is 0. The fraction of sp³-hybridized carbons (Fsp3) is 0.556. The maximum atomic E-state index is 5.76. The number of ether oxygens (including phenoxy) is 1. The molecule has 0 spiro atoms. The summed E-state index contributed by atoms with van der Waals surface area (Å²) in [6, 6.07) is 1.92. The van der Waals surface area contributed by atoms with Crippen LogP contribution in [0.25, 0.3) is 0 Å². The van der Waals surface area contributed by atoms with Gasteiger partial charge in [-0.3, -0.25) is 0 Å². The Balaban J connectivity index is 2.04. The lowest BCUT2D eigenvalue weighted by atomic mass is 10.1. The number of hydrogen-bond donors (Lipinski definition) is 0. The van der Waals surface area contributed by atoms with Gasteiger partial charge in [0.1, 0.15) is 12.4 Å². The molecule has 1 aromatic rings. The van der Waals surface area contributed by atoms with E-state index in [0.717, 1.165) is 23.9 Å². The lowest BCUT2D eigenvalue weighted by molar-refractivity contribution is 0.0562. The minimum Gasteiger partial charge on any atom is -0.368 e. The molecule has 0 aliphatic carbocycles. The Morgan fingerprint density at radius 1 is 1.54 bits per heavy atom. The number of alkyl halides is 1. The quantitative estimate of drug-likeness (QED) is 0.746. The first-order chi connectivity index (χ1) is 6.40. The first kappa shape index (κ1) is 9.09. The van der Waals surface area contributed by atoms with Crippen LogP contribution in [0, 0.1) is 0 Å². The molecule has 0 N–H and O–H groups in total. The van der Waals surface area contributed by atoms with Crippen molar-refractivity contribution in [1.29, 1.82) is 0 Å². The average molecular weight is 243 g/mol. The molecule has 0 amide bonds. The zero-order valence-corrected chi connectivity index (χ0v) is 8.77. The molecular formula is C9H11BrN2O. The highest BCUT2D eigenvalue weighted by Crippen LogP contribution is 2.31. The second-order valence-electron chi connectivity index (χ2n) is 3.11. The van der Waals surface area contributed by atoms with Crippen LogP contribution in [0.15, 0.2) is 18.6 Å². The first-order valence-electron chi connectivity index (χ1n) is 4.37. The summed E-state index contributed by atoms with van der Waals surface area (Å²) in [5, 5.41) is 0.911. The number of nitrogens with zero attached hydrogens (tertiary/aromatic N) is 2. The van der Waals surface area contributed by atoms with Crippen molar-refractivity contribution in [2.24, 2.45) is 0 Å². The van der Waals surface area contributed by atoms with E-state index in [-0.39, 0.29) is 6.10 Å². The molecular weight excluding hydrogens is 232 g/mol. The highest BCUT2D eigenvalue weighted by atomic mass is 79.9. The highest BCUT2D eigenvalue weighted by Gasteiger charge is 2.26. The molecule has 2 heterocycles. The third kappa shape index (κ3) is 2.06. The van der Waals surface area contributed by atoms with Crippen LogP contribution in [-0.4, -0.2) is 21.4 Å². The smallest absolute Gasteiger partial charge is 0.115 e. The van der Waals surface area contributed by atoms with Gasteiger partial charge in [-0.25, -0.2) is 9.97 Å². The summed E-state index contributed by atoms with van der Waals surface area (Å²) in [5.41, 5.74) is 0.999. The molecule has 2 unspecified atom stereocenters. The van der Waals surface area contributed by atoms with Crippen LogP contribution in [-0.2, 0) is 4.74 Å². The second kappa shape index (κ2) is 4.15. The Bertz CT molecular complexity index is 268. The fourth-order valence-electron chi connectivity index (χ4n) is 1.53. The SMILES string of the molecule is BrCC1CCC(c2ccncn2)O1. The Labute approximate surface area is 85.7 Å². The van der Waals surface area contributed by atoms with Gasteiger partial charge in [-0.15, -0.1) is 0 Å². The third-order valence-corrected chi connectivity index (χ3v) is 2.94. The van der Waals surface area contributed by atoms with Crippen molar-refractivity contribution in [3.63, 3.8) is 0 Å². The van der Waals surface area contributed by atoms with E-state index in [0.29, 0.717) is 6.10 Å². The summed E-state index contributed by atoms with van der Waals surface area (Å²) < 4.78 is 5.76. The Morgan fingerprint density at radius 2 is 2.46 bits per heavy atom. The lowest BCUT2D eigenvalue weighted by Crippen LogP contribution is -2.08. The Kier molecular flexibility index (Phi) is 2.90. The third-order valence-electron chi connectivity index (χ3n) is 2.21. The molecule has 0 bridgehead atoms. The number of rotatable bonds is 2. The predicted octanol–water partition coefficient (Wildman–Crippen LogP) is 2.09. The first-order valence-corrected chi connectivity index (χ1v) is 5.49. The van der Waals surface area contributed by atoms with Crippen molar-refractivity contribution < 1.29 is 4.74 Å². The van der Waals surface area contributed by atoms with Gasteiger partial charge in [0.15, 0.2) is 0 Å². The minimum atomic E-state index is 0.172. The molecule has 4 heteroatoms. The van der Waals surface area contributed by atoms with Crippen LogP contribution in [0.3, 0.4) is 0 Å². The van der Waals surface area contributed by atoms with Crippen LogP contribution in [0.5, 0.6) is 0 Å². The molecule has 1 aromatic heterocycles. The Hall–Kier alpha value is -0.480. The lowest BCUT2D eigenvalue weighted by Gasteiger charge is -2.10. The number of halogens is 1. The maximum absolute atomic E-state index is 5.76. The molecule has 1 saturated heterocycles. The molecule has 0 radical (unpaired) electrons. The van der Waals surface area contributed by atoms with Crippen molar-refractivity contribution in [1.82, 2.24) is 9.97 Å². The van der Waals surface area contributed by atoms with Crippen LogP contribution >= 0.6 is 15.9 Å². The monoisotopic (exact) mass is 242 g/mol. The van der Waals surface area contributed by atoms with E-state index in [1.807, 2.05) is 6.07 Å². The molecule has 0 saturated carbocycles. The van der Waals surface area contributed by atoms with Crippen LogP contribution in [0.1, 0.15) is 24.6 Å². The molecule has 2 rings (SSSR count). The largest absolute Gasteiger partial charge is 0.368 e. The summed E-state index contributed by atoms with van der Waals surface area (Å²) >= 11 is 3.42. The predicted molar refractivity (Wildman–Crippen MR) is 52.7 cm³/mol. The van der Waals surface area contributed by atoms with E-state index in [9.17, 15) is 0 Å². The van der Waals surface area contributed by atoms with Gasteiger partial charge < -0.3 is 4.74 Å². The normalized spacial score (nSPS) is 27.8. The van der Waals surface area contributed by atoms with E-state index in [1.165, 1.54) is 0 Å². The van der Waals surface area contributed by atoms with Crippen LogP contribution in [0.2, 0.25) is 0 Å². The number of aromatic nitrogens is 2. The van der Waals surface area contributed by atoms with E-state index in [4.69, 9.17) is 4.74 Å². The van der Waals surface area contributed by atoms with Crippen LogP contribution in [0.4, 0.5) is 0 Å². The molecule has 2 atom stereocenters. The van der Waals surface area contributed by atoms with Crippen molar-refractivity contribution in [3.05, 3.63) is 24.3 Å². The average Bonchev–Trinajstić information content (AvgIpc) is 2.67. The summed E-state index contributed by atoms with van der Waals surface area (Å²) in [6.07, 6.45) is 6.02. The zero-order valence-electron chi connectivity index (χ0n) is 7.19. The highest BCUT2D eigenvalue weighted by molar-refractivity contribution is 9.09. The summed E-state index contributed by atoms with van der Waals surface area (Å²) in [4.78, 5) is 8.06. The van der Waals surface area contributed by atoms with Crippen molar-refractivity contribution in [2.45, 2.75) is 25.0 Å². The van der Waals surface area contributed by atoms with Gasteiger partial charge in [0.25, 0.3) is 0 Å². The van der Waals surface area contributed by atoms with E-state index < -0.39 is 0 Å². The fourth-order valence-corrected chi connectivity index (χ4v) is 2.00. The summed E-state index contributed by atoms with van der Waals surface area (Å²) in [7, 11) is 0. The van der Waals surface area contributed by atoms with Crippen molar-refractivity contribution in [3.8, 4) is 0 Å². The standard InChI is InChI=1S/C9H11BrN2O/c10-5-7-1-2-9(13-7)8-3-4-11-6-12-8/h3-4,6-7,9H,1-2,5H2. The zero-order chi connectivity index (χ0) is 9.10. The van der Waals surface area contributed by atoms with Gasteiger partial charge in [-0.05, 0) is 18.9 Å². The van der Waals surface area contributed by atoms with Crippen molar-refractivity contribution in [2.75, 3.05) is 5.33 Å². The van der Waals surface area contributed by atoms with Gasteiger partial charge in [0.2, 0.25) is 0 Å². The van der Waals surface area contributed by atoms with E-state index in [1.54, 1.807) is 12.5 Å². The van der Waals surface area contributed by atoms with Gasteiger partial charge in [0, 0.05) is 11.5 Å². The molecule has 1 aliphatic heterocycles. The van der Waals surface area contributed by atoms with E-state index in [2.05, 4.69) is 25.9 Å². The van der Waals surface area contributed by atoms with E-state index >= 15 is 0 Å². The number of hydrogen-bond acceptors (Lipinski definition) is 3. The molecule has 1 fully saturated rings. The van der Waals surface area contributed by atoms with Gasteiger partial charge in [-0.1, -0.05) is 15.9 Å². The minimum absolute atomic E-state index is 0.172. The molecule has 3 nitrogen and oxygen atoms in total. The van der Waals surface area contributed by atoms with Gasteiger partial charge >= 0.3 is 0 Å². The van der Waals surface area contributed by atoms with Gasteiger partial charge in [-0.2, -0.15) is 0 Å². The van der Waals surface area contributed by atoms with Crippen LogP contribution < -0.4 is 0 Å². The Morgan fingerprint density at radius 3 is 3.08 bits per heavy atom. The van der Waals surface area contributed by atoms with Crippen molar-refractivity contribution >= 4 is 15.9 Å². The molecule has 0 aromatic carbocycles.